The summed E-state index contributed by atoms with van der Waals surface area (Å²) in [6.07, 6.45) is 3.78. The Hall–Kier alpha value is -1.65. The Morgan fingerprint density at radius 1 is 1.26 bits per heavy atom. The first kappa shape index (κ1) is 12.4. The second-order valence-corrected chi connectivity index (χ2v) is 5.37. The van der Waals surface area contributed by atoms with Crippen LogP contribution in [0.2, 0.25) is 0 Å². The van der Waals surface area contributed by atoms with Crippen molar-refractivity contribution >= 4 is 0 Å². The third-order valence-corrected chi connectivity index (χ3v) is 3.97. The van der Waals surface area contributed by atoms with E-state index in [0.717, 1.165) is 19.6 Å². The van der Waals surface area contributed by atoms with E-state index in [9.17, 15) is 0 Å². The van der Waals surface area contributed by atoms with Gasteiger partial charge in [0.25, 0.3) is 0 Å². The van der Waals surface area contributed by atoms with Crippen LogP contribution in [-0.2, 0) is 13.6 Å². The Labute approximate surface area is 113 Å². The van der Waals surface area contributed by atoms with E-state index in [0.29, 0.717) is 5.92 Å². The summed E-state index contributed by atoms with van der Waals surface area (Å²) in [4.78, 5) is 6.58. The maximum Gasteiger partial charge on any atom is 0.0945 e. The van der Waals surface area contributed by atoms with Crippen LogP contribution in [0, 0.1) is 0 Å². The van der Waals surface area contributed by atoms with E-state index in [1.54, 1.807) is 0 Å². The number of aryl methyl sites for hydroxylation is 1. The van der Waals surface area contributed by atoms with Gasteiger partial charge in [0.05, 0.1) is 12.0 Å². The molecule has 19 heavy (non-hydrogen) atoms. The summed E-state index contributed by atoms with van der Waals surface area (Å²) in [7, 11) is 2.03. The number of aromatic nitrogens is 2. The molecule has 1 aromatic carbocycles. The summed E-state index contributed by atoms with van der Waals surface area (Å²) in [5.74, 6) is 0.439. The molecule has 4 nitrogen and oxygen atoms in total. The Morgan fingerprint density at radius 2 is 2.05 bits per heavy atom. The number of rotatable bonds is 3. The highest BCUT2D eigenvalue weighted by molar-refractivity contribution is 5.23. The maximum absolute atomic E-state index is 6.30. The lowest BCUT2D eigenvalue weighted by atomic mass is 9.95. The van der Waals surface area contributed by atoms with Gasteiger partial charge in [0.15, 0.2) is 0 Å². The van der Waals surface area contributed by atoms with Crippen LogP contribution in [-0.4, -0.2) is 33.6 Å². The van der Waals surface area contributed by atoms with Gasteiger partial charge in [0, 0.05) is 44.8 Å². The molecule has 3 rings (SSSR count). The van der Waals surface area contributed by atoms with E-state index in [2.05, 4.69) is 44.8 Å². The second-order valence-electron chi connectivity index (χ2n) is 5.37. The third-order valence-electron chi connectivity index (χ3n) is 3.97. The van der Waals surface area contributed by atoms with Gasteiger partial charge in [-0.1, -0.05) is 30.3 Å². The van der Waals surface area contributed by atoms with Gasteiger partial charge in [-0.25, -0.2) is 4.98 Å². The number of hydrogen-bond acceptors (Lipinski definition) is 3. The Bertz CT molecular complexity index is 534. The molecule has 0 amide bonds. The lowest BCUT2D eigenvalue weighted by Gasteiger charge is -2.16. The summed E-state index contributed by atoms with van der Waals surface area (Å²) in [5, 5.41) is 0. The van der Waals surface area contributed by atoms with E-state index in [1.165, 1.54) is 11.3 Å². The summed E-state index contributed by atoms with van der Waals surface area (Å²) < 4.78 is 2.07. The number of nitrogens with zero attached hydrogens (tertiary/aromatic N) is 3. The first-order valence-corrected chi connectivity index (χ1v) is 6.72. The zero-order valence-electron chi connectivity index (χ0n) is 11.2. The molecule has 2 heterocycles. The molecule has 0 saturated carbocycles. The van der Waals surface area contributed by atoms with Crippen molar-refractivity contribution < 1.29 is 0 Å². The second kappa shape index (κ2) is 5.15. The highest BCUT2D eigenvalue weighted by atomic mass is 15.2. The maximum atomic E-state index is 6.30. The van der Waals surface area contributed by atoms with Crippen LogP contribution in [0.25, 0.3) is 0 Å². The molecule has 1 aliphatic heterocycles. The van der Waals surface area contributed by atoms with Crippen molar-refractivity contribution in [3.63, 3.8) is 0 Å². The monoisotopic (exact) mass is 256 g/mol. The lowest BCUT2D eigenvalue weighted by molar-refractivity contribution is 0.316. The highest BCUT2D eigenvalue weighted by Gasteiger charge is 2.31. The standard InChI is InChI=1S/C15H20N4/c1-18-11-17-7-13(18)8-19-9-14(15(16)10-19)12-5-3-2-4-6-12/h2-7,11,14-15H,8-10,16H2,1H3/t14-,15+/m0/s1. The average molecular weight is 256 g/mol. The molecule has 0 spiro atoms. The number of likely N-dealkylation sites (tertiary alicyclic amines) is 1. The molecule has 0 unspecified atom stereocenters. The van der Waals surface area contributed by atoms with Gasteiger partial charge >= 0.3 is 0 Å². The zero-order valence-corrected chi connectivity index (χ0v) is 11.2. The quantitative estimate of drug-likeness (QED) is 0.901. The zero-order chi connectivity index (χ0) is 13.2. The fourth-order valence-electron chi connectivity index (χ4n) is 2.86. The van der Waals surface area contributed by atoms with Crippen molar-refractivity contribution in [3.8, 4) is 0 Å². The SMILES string of the molecule is Cn1cncc1CN1C[C@@H](N)[C@H](c2ccccc2)C1. The minimum absolute atomic E-state index is 0.218. The first-order valence-electron chi connectivity index (χ1n) is 6.72. The minimum atomic E-state index is 0.218. The largest absolute Gasteiger partial charge is 0.337 e. The van der Waals surface area contributed by atoms with Crippen molar-refractivity contribution in [1.82, 2.24) is 14.5 Å². The van der Waals surface area contributed by atoms with Crippen molar-refractivity contribution in [3.05, 3.63) is 54.1 Å². The summed E-state index contributed by atoms with van der Waals surface area (Å²) in [6, 6.07) is 10.8. The van der Waals surface area contributed by atoms with E-state index in [4.69, 9.17) is 5.73 Å². The summed E-state index contributed by atoms with van der Waals surface area (Å²) >= 11 is 0. The molecule has 0 radical (unpaired) electrons. The Balaban J connectivity index is 1.70. The van der Waals surface area contributed by atoms with Gasteiger partial charge in [-0.3, -0.25) is 4.90 Å². The molecule has 0 aliphatic carbocycles. The highest BCUT2D eigenvalue weighted by Crippen LogP contribution is 2.27. The molecule has 2 aromatic rings. The molecule has 1 aliphatic rings. The first-order chi connectivity index (χ1) is 9.24. The van der Waals surface area contributed by atoms with E-state index < -0.39 is 0 Å². The van der Waals surface area contributed by atoms with Crippen molar-refractivity contribution in [2.24, 2.45) is 12.8 Å². The molecule has 1 fully saturated rings. The van der Waals surface area contributed by atoms with Crippen LogP contribution in [0.5, 0.6) is 0 Å². The van der Waals surface area contributed by atoms with Gasteiger partial charge in [-0.05, 0) is 5.56 Å². The van der Waals surface area contributed by atoms with Crippen LogP contribution >= 0.6 is 0 Å². The molecule has 0 bridgehead atoms. The number of hydrogen-bond donors (Lipinski definition) is 1. The van der Waals surface area contributed by atoms with Crippen LogP contribution in [0.1, 0.15) is 17.2 Å². The van der Waals surface area contributed by atoms with Gasteiger partial charge in [-0.2, -0.15) is 0 Å². The lowest BCUT2D eigenvalue weighted by Crippen LogP contribution is -2.28. The molecule has 4 heteroatoms. The molecule has 2 N–H and O–H groups in total. The predicted molar refractivity (Wildman–Crippen MR) is 75.6 cm³/mol. The van der Waals surface area contributed by atoms with Crippen LogP contribution in [0.4, 0.5) is 0 Å². The predicted octanol–water partition coefficient (Wildman–Crippen LogP) is 1.35. The minimum Gasteiger partial charge on any atom is -0.337 e. The topological polar surface area (TPSA) is 47.1 Å². The van der Waals surface area contributed by atoms with Crippen molar-refractivity contribution in [1.29, 1.82) is 0 Å². The Morgan fingerprint density at radius 3 is 2.74 bits per heavy atom. The van der Waals surface area contributed by atoms with E-state index in [-0.39, 0.29) is 6.04 Å². The van der Waals surface area contributed by atoms with E-state index in [1.807, 2.05) is 19.6 Å². The molecule has 2 atom stereocenters. The molecule has 100 valence electrons. The fraction of sp³-hybridized carbons (Fsp3) is 0.400. The third kappa shape index (κ3) is 2.55. The fourth-order valence-corrected chi connectivity index (χ4v) is 2.86. The molecule has 1 aromatic heterocycles. The van der Waals surface area contributed by atoms with Gasteiger partial charge in [0.1, 0.15) is 0 Å². The molecular formula is C15H20N4. The smallest absolute Gasteiger partial charge is 0.0945 e. The van der Waals surface area contributed by atoms with Crippen LogP contribution < -0.4 is 5.73 Å². The Kier molecular flexibility index (Phi) is 3.36. The summed E-state index contributed by atoms with van der Waals surface area (Å²) in [5.41, 5.74) is 8.89. The average Bonchev–Trinajstić information content (AvgIpc) is 2.98. The van der Waals surface area contributed by atoms with Crippen molar-refractivity contribution in [2.75, 3.05) is 13.1 Å². The summed E-state index contributed by atoms with van der Waals surface area (Å²) in [6.45, 7) is 2.90. The number of nitrogens with two attached hydrogens (primary N) is 1. The van der Waals surface area contributed by atoms with Crippen LogP contribution in [0.15, 0.2) is 42.9 Å². The number of imidazole rings is 1. The van der Waals surface area contributed by atoms with Crippen LogP contribution in [0.3, 0.4) is 0 Å². The van der Waals surface area contributed by atoms with Gasteiger partial charge in [0.2, 0.25) is 0 Å². The van der Waals surface area contributed by atoms with Crippen molar-refractivity contribution in [2.45, 2.75) is 18.5 Å². The van der Waals surface area contributed by atoms with E-state index >= 15 is 0 Å². The van der Waals surface area contributed by atoms with Gasteiger partial charge < -0.3 is 10.3 Å². The molecular weight excluding hydrogens is 236 g/mol. The number of benzene rings is 1. The van der Waals surface area contributed by atoms with Gasteiger partial charge in [-0.15, -0.1) is 0 Å². The molecule has 1 saturated heterocycles. The normalized spacial score (nSPS) is 23.9.